The van der Waals surface area contributed by atoms with Gasteiger partial charge in [-0.2, -0.15) is 0 Å². The highest BCUT2D eigenvalue weighted by molar-refractivity contribution is 8.04. The molecule has 1 aliphatic rings. The fourth-order valence-electron chi connectivity index (χ4n) is 3.08. The summed E-state index contributed by atoms with van der Waals surface area (Å²) < 4.78 is 28.2. The van der Waals surface area contributed by atoms with Crippen molar-refractivity contribution in [2.75, 3.05) is 4.90 Å². The highest BCUT2D eigenvalue weighted by Gasteiger charge is 2.41. The molecule has 30 heavy (non-hydrogen) atoms. The van der Waals surface area contributed by atoms with Crippen LogP contribution < -0.4 is 4.90 Å². The van der Waals surface area contributed by atoms with E-state index in [4.69, 9.17) is 11.6 Å². The zero-order chi connectivity index (χ0) is 21.4. The molecule has 0 aromatic heterocycles. The van der Waals surface area contributed by atoms with Crippen molar-refractivity contribution in [2.24, 2.45) is 0 Å². The molecule has 3 nitrogen and oxygen atoms in total. The second-order valence-electron chi connectivity index (χ2n) is 6.67. The number of hydrogen-bond acceptors (Lipinski definition) is 3. The van der Waals surface area contributed by atoms with Crippen molar-refractivity contribution in [1.82, 2.24) is 0 Å². The fourth-order valence-corrected chi connectivity index (χ4v) is 4.20. The Hall–Kier alpha value is -2.96. The van der Waals surface area contributed by atoms with Gasteiger partial charge in [-0.1, -0.05) is 53.2 Å². The van der Waals surface area contributed by atoms with Gasteiger partial charge in [0.1, 0.15) is 11.6 Å². The Balaban J connectivity index is 1.84. The number of carbonyl (C=O) groups excluding carboxylic acids is 2. The average Bonchev–Trinajstić information content (AvgIpc) is 2.96. The molecule has 0 aliphatic carbocycles. The van der Waals surface area contributed by atoms with E-state index in [1.807, 2.05) is 19.1 Å². The van der Waals surface area contributed by atoms with E-state index >= 15 is 0 Å². The quantitative estimate of drug-likeness (QED) is 0.466. The summed E-state index contributed by atoms with van der Waals surface area (Å²) >= 11 is 7.01. The highest BCUT2D eigenvalue weighted by Crippen LogP contribution is 2.42. The molecule has 3 aromatic carbocycles. The summed E-state index contributed by atoms with van der Waals surface area (Å²) in [7, 11) is 0. The Kier molecular flexibility index (Phi) is 5.45. The van der Waals surface area contributed by atoms with Crippen LogP contribution in [0.4, 0.5) is 14.5 Å². The van der Waals surface area contributed by atoms with E-state index in [0.717, 1.165) is 35.5 Å². The molecule has 1 heterocycles. The second kappa shape index (κ2) is 8.05. The minimum absolute atomic E-state index is 0.134. The number of imide groups is 1. The largest absolute Gasteiger partial charge is 0.273 e. The first-order valence-electron chi connectivity index (χ1n) is 8.94. The van der Waals surface area contributed by atoms with Crippen molar-refractivity contribution >= 4 is 46.4 Å². The number of rotatable bonds is 4. The van der Waals surface area contributed by atoms with Crippen LogP contribution in [0.25, 0.3) is 5.57 Å². The van der Waals surface area contributed by atoms with Gasteiger partial charge in [0, 0.05) is 16.0 Å². The van der Waals surface area contributed by atoms with Gasteiger partial charge in [0.15, 0.2) is 0 Å². The lowest BCUT2D eigenvalue weighted by atomic mass is 10.0. The third-order valence-corrected chi connectivity index (χ3v) is 5.91. The molecular weight excluding hydrogens is 428 g/mol. The summed E-state index contributed by atoms with van der Waals surface area (Å²) in [6.07, 6.45) is 0. The van der Waals surface area contributed by atoms with E-state index < -0.39 is 29.1 Å². The number of anilines is 1. The lowest BCUT2D eigenvalue weighted by Gasteiger charge is -2.16. The first-order valence-corrected chi connectivity index (χ1v) is 10.1. The average molecular weight is 442 g/mol. The molecule has 3 aromatic rings. The zero-order valence-corrected chi connectivity index (χ0v) is 17.2. The maximum atomic E-state index is 14.4. The fraction of sp³-hybridized carbons (Fsp3) is 0.0435. The van der Waals surface area contributed by atoms with Crippen molar-refractivity contribution in [3.05, 3.63) is 99.4 Å². The summed E-state index contributed by atoms with van der Waals surface area (Å²) in [4.78, 5) is 28.0. The van der Waals surface area contributed by atoms with Crippen LogP contribution in [0.1, 0.15) is 11.1 Å². The number of aryl methyl sites for hydroxylation is 1. The normalized spacial score (nSPS) is 14.1. The van der Waals surface area contributed by atoms with Crippen LogP contribution in [-0.2, 0) is 9.59 Å². The van der Waals surface area contributed by atoms with E-state index in [2.05, 4.69) is 0 Å². The van der Waals surface area contributed by atoms with Crippen molar-refractivity contribution < 1.29 is 18.4 Å². The van der Waals surface area contributed by atoms with Crippen LogP contribution >= 0.6 is 23.4 Å². The number of carbonyl (C=O) groups is 2. The predicted octanol–water partition coefficient (Wildman–Crippen LogP) is 6.00. The molecule has 4 rings (SSSR count). The van der Waals surface area contributed by atoms with Crippen molar-refractivity contribution in [3.63, 3.8) is 0 Å². The van der Waals surface area contributed by atoms with E-state index in [-0.39, 0.29) is 10.5 Å². The van der Waals surface area contributed by atoms with E-state index in [1.165, 1.54) is 0 Å². The topological polar surface area (TPSA) is 37.4 Å². The minimum atomic E-state index is -0.862. The van der Waals surface area contributed by atoms with Crippen LogP contribution in [0.15, 0.2) is 76.5 Å². The molecule has 0 radical (unpaired) electrons. The van der Waals surface area contributed by atoms with Crippen LogP contribution in [-0.4, -0.2) is 11.8 Å². The number of nitrogens with zero attached hydrogens (tertiary/aromatic N) is 1. The van der Waals surface area contributed by atoms with Gasteiger partial charge in [-0.05, 0) is 48.9 Å². The monoisotopic (exact) mass is 441 g/mol. The maximum absolute atomic E-state index is 14.4. The highest BCUT2D eigenvalue weighted by atomic mass is 35.5. The van der Waals surface area contributed by atoms with E-state index in [1.54, 1.807) is 36.4 Å². The van der Waals surface area contributed by atoms with E-state index in [9.17, 15) is 18.4 Å². The molecule has 0 saturated heterocycles. The summed E-state index contributed by atoms with van der Waals surface area (Å²) in [5.74, 6) is -3.02. The van der Waals surface area contributed by atoms with Crippen molar-refractivity contribution in [1.29, 1.82) is 0 Å². The van der Waals surface area contributed by atoms with Gasteiger partial charge in [0.05, 0.1) is 16.2 Å². The standard InChI is InChI=1S/C23H14ClF2NO2S/c1-13-2-4-14(5-3-13)20-21(30-17-9-6-15(24)7-10-17)23(29)27(22(20)28)19-12-16(25)8-11-18(19)26/h2-12H,1H3. The van der Waals surface area contributed by atoms with Crippen LogP contribution in [0.2, 0.25) is 5.02 Å². The summed E-state index contributed by atoms with van der Waals surface area (Å²) in [6, 6.07) is 16.5. The minimum Gasteiger partial charge on any atom is -0.268 e. The molecular formula is C23H14ClF2NO2S. The maximum Gasteiger partial charge on any atom is 0.273 e. The zero-order valence-electron chi connectivity index (χ0n) is 15.7. The summed E-state index contributed by atoms with van der Waals surface area (Å²) in [5, 5.41) is 0.532. The Morgan fingerprint density at radius 3 is 2.20 bits per heavy atom. The molecule has 0 N–H and O–H groups in total. The molecule has 2 amide bonds. The van der Waals surface area contributed by atoms with Gasteiger partial charge in [-0.3, -0.25) is 9.59 Å². The lowest BCUT2D eigenvalue weighted by Crippen LogP contribution is -2.32. The lowest BCUT2D eigenvalue weighted by molar-refractivity contribution is -0.119. The first kappa shape index (κ1) is 20.3. The van der Waals surface area contributed by atoms with Gasteiger partial charge in [-0.25, -0.2) is 13.7 Å². The molecule has 7 heteroatoms. The first-order chi connectivity index (χ1) is 14.3. The summed E-state index contributed by atoms with van der Waals surface area (Å²) in [5.41, 5.74) is 1.23. The number of thioether (sulfide) groups is 1. The van der Waals surface area contributed by atoms with Gasteiger partial charge in [-0.15, -0.1) is 0 Å². The van der Waals surface area contributed by atoms with Gasteiger partial charge in [0.25, 0.3) is 11.8 Å². The predicted molar refractivity (Wildman–Crippen MR) is 114 cm³/mol. The molecule has 0 atom stereocenters. The van der Waals surface area contributed by atoms with Gasteiger partial charge in [0.2, 0.25) is 0 Å². The molecule has 0 unspecified atom stereocenters. The second-order valence-corrected chi connectivity index (χ2v) is 8.19. The Morgan fingerprint density at radius 1 is 0.867 bits per heavy atom. The van der Waals surface area contributed by atoms with E-state index in [0.29, 0.717) is 20.4 Å². The SMILES string of the molecule is Cc1ccc(C2=C(Sc3ccc(Cl)cc3)C(=O)N(c3cc(F)ccc3F)C2=O)cc1. The third kappa shape index (κ3) is 3.76. The Bertz CT molecular complexity index is 1190. The molecule has 0 fully saturated rings. The summed E-state index contributed by atoms with van der Waals surface area (Å²) in [6.45, 7) is 1.90. The number of hydrogen-bond donors (Lipinski definition) is 0. The van der Waals surface area contributed by atoms with Gasteiger partial charge >= 0.3 is 0 Å². The van der Waals surface area contributed by atoms with Crippen LogP contribution in [0.5, 0.6) is 0 Å². The molecule has 0 saturated carbocycles. The molecule has 0 spiro atoms. The third-order valence-electron chi connectivity index (χ3n) is 4.56. The smallest absolute Gasteiger partial charge is 0.268 e. The van der Waals surface area contributed by atoms with Crippen LogP contribution in [0.3, 0.4) is 0 Å². The number of halogens is 3. The molecule has 1 aliphatic heterocycles. The number of amides is 2. The van der Waals surface area contributed by atoms with Crippen LogP contribution in [0, 0.1) is 18.6 Å². The Labute approximate surface area is 181 Å². The van der Waals surface area contributed by atoms with Gasteiger partial charge < -0.3 is 0 Å². The van der Waals surface area contributed by atoms with Crippen molar-refractivity contribution in [3.8, 4) is 0 Å². The molecule has 150 valence electrons. The number of benzene rings is 3. The molecule has 0 bridgehead atoms. The van der Waals surface area contributed by atoms with Crippen molar-refractivity contribution in [2.45, 2.75) is 11.8 Å². The Morgan fingerprint density at radius 2 is 1.53 bits per heavy atom.